The predicted molar refractivity (Wildman–Crippen MR) is 137 cm³/mol. The largest absolute Gasteiger partial charge is 0.462 e. The number of carbonyl (C=O) groups is 2. The number of benzene rings is 3. The molecule has 0 spiro atoms. The Hall–Kier alpha value is -3.97. The highest BCUT2D eigenvalue weighted by Gasteiger charge is 2.37. The minimum Gasteiger partial charge on any atom is -0.462 e. The maximum atomic E-state index is 13.5. The number of carbonyl (C=O) groups excluding carboxylic acids is 2. The lowest BCUT2D eigenvalue weighted by Gasteiger charge is -2.20. The Morgan fingerprint density at radius 2 is 1.68 bits per heavy atom. The molecule has 2 heterocycles. The maximum Gasteiger partial charge on any atom is 0.350 e. The van der Waals surface area contributed by atoms with E-state index in [-0.39, 0.29) is 12.5 Å². The molecule has 0 bridgehead atoms. The molecule has 1 aliphatic heterocycles. The molecular formula is C27H23N3O3S. The van der Waals surface area contributed by atoms with Crippen LogP contribution in [0.5, 0.6) is 0 Å². The third kappa shape index (κ3) is 4.18. The molecule has 0 aliphatic carbocycles. The number of amides is 1. The second kappa shape index (κ2) is 9.49. The van der Waals surface area contributed by atoms with Crippen molar-refractivity contribution in [2.75, 3.05) is 16.8 Å². The average molecular weight is 470 g/mol. The molecule has 5 rings (SSSR count). The van der Waals surface area contributed by atoms with Gasteiger partial charge in [-0.15, -0.1) is 11.3 Å². The van der Waals surface area contributed by atoms with Crippen molar-refractivity contribution >= 4 is 50.6 Å². The minimum atomic E-state index is -0.568. The fourth-order valence-electron chi connectivity index (χ4n) is 4.02. The second-order valence-electron chi connectivity index (χ2n) is 7.82. The van der Waals surface area contributed by atoms with Gasteiger partial charge in [0.1, 0.15) is 10.9 Å². The summed E-state index contributed by atoms with van der Waals surface area (Å²) >= 11 is 1.36. The summed E-state index contributed by atoms with van der Waals surface area (Å²) in [4.78, 5) is 33.1. The summed E-state index contributed by atoms with van der Waals surface area (Å²) in [5.74, 6) is -0.121. The van der Waals surface area contributed by atoms with E-state index in [0.29, 0.717) is 28.6 Å². The van der Waals surface area contributed by atoms with Gasteiger partial charge in [-0.25, -0.2) is 14.7 Å². The molecule has 3 aromatic carbocycles. The van der Waals surface area contributed by atoms with Crippen molar-refractivity contribution in [3.63, 3.8) is 0 Å². The van der Waals surface area contributed by atoms with Crippen LogP contribution >= 0.6 is 11.3 Å². The summed E-state index contributed by atoms with van der Waals surface area (Å²) in [5, 5.41) is 4.21. The number of hydrogen-bond donors (Lipinski definition) is 1. The number of aliphatic imine (C=N–C) groups is 1. The molecule has 1 aliphatic rings. The summed E-state index contributed by atoms with van der Waals surface area (Å²) < 4.78 is 6.26. The highest BCUT2D eigenvalue weighted by Crippen LogP contribution is 2.37. The smallest absolute Gasteiger partial charge is 0.350 e. The van der Waals surface area contributed by atoms with Gasteiger partial charge >= 0.3 is 5.97 Å². The van der Waals surface area contributed by atoms with Gasteiger partial charge in [-0.05, 0) is 30.7 Å². The van der Waals surface area contributed by atoms with E-state index in [1.54, 1.807) is 11.8 Å². The van der Waals surface area contributed by atoms with Gasteiger partial charge in [0.2, 0.25) is 5.96 Å². The van der Waals surface area contributed by atoms with Gasteiger partial charge in [0.25, 0.3) is 5.91 Å². The van der Waals surface area contributed by atoms with Crippen LogP contribution < -0.4 is 10.2 Å². The summed E-state index contributed by atoms with van der Waals surface area (Å²) in [7, 11) is 0. The molecule has 0 saturated carbocycles. The zero-order valence-corrected chi connectivity index (χ0v) is 19.4. The molecule has 34 heavy (non-hydrogen) atoms. The van der Waals surface area contributed by atoms with Crippen LogP contribution in [0.25, 0.3) is 10.1 Å². The van der Waals surface area contributed by atoms with Crippen molar-refractivity contribution in [1.29, 1.82) is 0 Å². The Morgan fingerprint density at radius 1 is 1.00 bits per heavy atom. The van der Waals surface area contributed by atoms with Gasteiger partial charge < -0.3 is 10.1 Å². The van der Waals surface area contributed by atoms with E-state index in [9.17, 15) is 9.59 Å². The number of ether oxygens (including phenoxy) is 1. The maximum absolute atomic E-state index is 13.5. The van der Waals surface area contributed by atoms with Gasteiger partial charge in [0.05, 0.1) is 18.0 Å². The predicted octanol–water partition coefficient (Wildman–Crippen LogP) is 5.50. The van der Waals surface area contributed by atoms with E-state index >= 15 is 0 Å². The van der Waals surface area contributed by atoms with Gasteiger partial charge in [0.15, 0.2) is 0 Å². The van der Waals surface area contributed by atoms with E-state index in [4.69, 9.17) is 9.73 Å². The SMILES string of the molecule is CCOC(=O)c1sc2ccccc2c1NC1=NC(Cc2ccccc2)C(=O)N1c1ccccc1. The number of rotatable bonds is 6. The number of anilines is 2. The molecule has 7 heteroatoms. The lowest BCUT2D eigenvalue weighted by Crippen LogP contribution is -2.39. The normalized spacial score (nSPS) is 15.4. The number of esters is 1. The van der Waals surface area contributed by atoms with Gasteiger partial charge in [-0.3, -0.25) is 4.79 Å². The average Bonchev–Trinajstić information content (AvgIpc) is 3.38. The van der Waals surface area contributed by atoms with E-state index < -0.39 is 12.0 Å². The Labute approximate surface area is 201 Å². The van der Waals surface area contributed by atoms with Gasteiger partial charge in [-0.2, -0.15) is 0 Å². The fourth-order valence-corrected chi connectivity index (χ4v) is 5.07. The molecule has 170 valence electrons. The Morgan fingerprint density at radius 3 is 2.41 bits per heavy atom. The number of guanidine groups is 1. The van der Waals surface area contributed by atoms with Crippen LogP contribution in [-0.2, 0) is 16.0 Å². The van der Waals surface area contributed by atoms with Crippen LogP contribution in [0.3, 0.4) is 0 Å². The van der Waals surface area contributed by atoms with Crippen LogP contribution in [0.15, 0.2) is 89.9 Å². The molecule has 4 aromatic rings. The Kier molecular flexibility index (Phi) is 6.10. The quantitative estimate of drug-likeness (QED) is 0.378. The molecule has 1 amide bonds. The first-order chi connectivity index (χ1) is 16.7. The van der Waals surface area contributed by atoms with Crippen molar-refractivity contribution < 1.29 is 14.3 Å². The fraction of sp³-hybridized carbons (Fsp3) is 0.148. The Balaban J connectivity index is 1.57. The summed E-state index contributed by atoms with van der Waals surface area (Å²) in [6.07, 6.45) is 0.489. The monoisotopic (exact) mass is 469 g/mol. The van der Waals surface area contributed by atoms with Crippen LogP contribution in [0, 0.1) is 0 Å². The van der Waals surface area contributed by atoms with Crippen molar-refractivity contribution in [1.82, 2.24) is 0 Å². The zero-order valence-electron chi connectivity index (χ0n) is 18.6. The number of fused-ring (bicyclic) bond motifs is 1. The van der Waals surface area contributed by atoms with Crippen molar-refractivity contribution in [3.8, 4) is 0 Å². The summed E-state index contributed by atoms with van der Waals surface area (Å²) in [6, 6.07) is 26.5. The minimum absolute atomic E-state index is 0.116. The zero-order chi connectivity index (χ0) is 23.5. The van der Waals surface area contributed by atoms with Crippen LogP contribution in [0.2, 0.25) is 0 Å². The van der Waals surface area contributed by atoms with Crippen LogP contribution in [-0.4, -0.2) is 30.5 Å². The van der Waals surface area contributed by atoms with Gasteiger partial charge in [-0.1, -0.05) is 66.7 Å². The van der Waals surface area contributed by atoms with E-state index in [2.05, 4.69) is 5.32 Å². The number of nitrogens with one attached hydrogen (secondary N) is 1. The third-order valence-corrected chi connectivity index (χ3v) is 6.73. The van der Waals surface area contributed by atoms with Crippen LogP contribution in [0.1, 0.15) is 22.2 Å². The lowest BCUT2D eigenvalue weighted by atomic mass is 10.1. The summed E-state index contributed by atoms with van der Waals surface area (Å²) in [5.41, 5.74) is 2.35. The molecule has 1 unspecified atom stereocenters. The van der Waals surface area contributed by atoms with Crippen molar-refractivity contribution in [2.24, 2.45) is 4.99 Å². The molecule has 0 radical (unpaired) electrons. The molecule has 0 fully saturated rings. The molecule has 0 saturated heterocycles. The topological polar surface area (TPSA) is 71.0 Å². The van der Waals surface area contributed by atoms with Crippen molar-refractivity contribution in [2.45, 2.75) is 19.4 Å². The number of hydrogen-bond acceptors (Lipinski definition) is 6. The number of para-hydroxylation sites is 1. The number of thiophene rings is 1. The Bertz CT molecular complexity index is 1370. The molecule has 6 nitrogen and oxygen atoms in total. The number of nitrogens with zero attached hydrogens (tertiary/aromatic N) is 2. The first-order valence-electron chi connectivity index (χ1n) is 11.1. The van der Waals surface area contributed by atoms with Crippen LogP contribution in [0.4, 0.5) is 11.4 Å². The third-order valence-electron chi connectivity index (χ3n) is 5.57. The van der Waals surface area contributed by atoms with E-state index in [1.165, 1.54) is 11.3 Å². The lowest BCUT2D eigenvalue weighted by molar-refractivity contribution is -0.118. The first kappa shape index (κ1) is 21.9. The molecule has 1 aromatic heterocycles. The standard InChI is InChI=1S/C27H23N3O3S/c1-2-33-26(32)24-23(20-15-9-10-16-22(20)34-24)29-27-28-21(17-18-11-5-3-6-12-18)25(31)30(27)19-13-7-4-8-14-19/h3-16,21H,2,17H2,1H3,(H,28,29). The molecular weight excluding hydrogens is 446 g/mol. The van der Waals surface area contributed by atoms with Gasteiger partial charge in [0, 0.05) is 16.5 Å². The van der Waals surface area contributed by atoms with Crippen molar-refractivity contribution in [3.05, 3.63) is 95.4 Å². The van der Waals surface area contributed by atoms with E-state index in [1.807, 2.05) is 84.9 Å². The summed E-state index contributed by atoms with van der Waals surface area (Å²) in [6.45, 7) is 2.06. The molecule has 1 atom stereocenters. The highest BCUT2D eigenvalue weighted by atomic mass is 32.1. The van der Waals surface area contributed by atoms with E-state index in [0.717, 1.165) is 15.6 Å². The highest BCUT2D eigenvalue weighted by molar-refractivity contribution is 7.21. The first-order valence-corrected chi connectivity index (χ1v) is 11.9. The molecule has 1 N–H and O–H groups in total. The second-order valence-corrected chi connectivity index (χ2v) is 8.87.